The van der Waals surface area contributed by atoms with Crippen molar-refractivity contribution < 1.29 is 14.6 Å². The number of benzene rings is 2. The number of carboxylic acid groups (broad SMARTS) is 1. The Balaban J connectivity index is 2.28. The van der Waals surface area contributed by atoms with Crippen LogP contribution in [0, 0.1) is 0 Å². The van der Waals surface area contributed by atoms with E-state index in [2.05, 4.69) is 25.1 Å². The Hall–Kier alpha value is -2.55. The van der Waals surface area contributed by atoms with Gasteiger partial charge in [0.2, 0.25) is 0 Å². The van der Waals surface area contributed by atoms with Crippen LogP contribution < -0.4 is 4.74 Å². The van der Waals surface area contributed by atoms with Crippen molar-refractivity contribution in [1.29, 1.82) is 0 Å². The van der Waals surface area contributed by atoms with Gasteiger partial charge in [0, 0.05) is 6.08 Å². The molecule has 0 saturated carbocycles. The summed E-state index contributed by atoms with van der Waals surface area (Å²) in [5.74, 6) is -0.206. The summed E-state index contributed by atoms with van der Waals surface area (Å²) in [6.07, 6.45) is 2.21. The molecule has 1 N–H and O–H groups in total. The summed E-state index contributed by atoms with van der Waals surface area (Å²) >= 11 is 0. The molecule has 0 fully saturated rings. The summed E-state index contributed by atoms with van der Waals surface area (Å²) < 4.78 is 5.26. The first-order chi connectivity index (χ1) is 10.1. The van der Waals surface area contributed by atoms with E-state index >= 15 is 0 Å². The van der Waals surface area contributed by atoms with E-state index in [4.69, 9.17) is 4.74 Å². The maximum Gasteiger partial charge on any atom is 0.328 e. The summed E-state index contributed by atoms with van der Waals surface area (Å²) in [6, 6.07) is 12.0. The third-order valence-corrected chi connectivity index (χ3v) is 3.86. The Morgan fingerprint density at radius 2 is 1.76 bits per heavy atom. The average molecular weight is 280 g/mol. The van der Waals surface area contributed by atoms with Crippen LogP contribution in [-0.4, -0.2) is 18.2 Å². The number of aliphatic carboxylic acids is 1. The number of fused-ring (bicyclic) bond motifs is 3. The normalized spacial score (nSPS) is 13.9. The second-order valence-corrected chi connectivity index (χ2v) is 5.04. The lowest BCUT2D eigenvalue weighted by atomic mass is 10.0. The third-order valence-electron chi connectivity index (χ3n) is 3.86. The zero-order valence-electron chi connectivity index (χ0n) is 12.0. The average Bonchev–Trinajstić information content (AvgIpc) is 2.79. The van der Waals surface area contributed by atoms with Crippen LogP contribution in [0.5, 0.6) is 5.75 Å². The molecule has 1 aliphatic rings. The van der Waals surface area contributed by atoms with Crippen LogP contribution in [-0.2, 0) is 11.2 Å². The van der Waals surface area contributed by atoms with Crippen LogP contribution in [0.2, 0.25) is 0 Å². The number of hydrogen-bond acceptors (Lipinski definition) is 2. The van der Waals surface area contributed by atoms with E-state index in [-0.39, 0.29) is 0 Å². The standard InChI is InChI=1S/C18H16O3/c1-3-11-4-6-13-14-7-5-12(21-2)9-16(14)17(10-18(19)20)15(13)8-11/h4-10H,3H2,1-2H3,(H,19,20)/b17-10+. The number of rotatable bonds is 3. The lowest BCUT2D eigenvalue weighted by Gasteiger charge is -2.05. The number of carboxylic acids is 1. The molecule has 0 saturated heterocycles. The predicted molar refractivity (Wildman–Crippen MR) is 82.5 cm³/mol. The highest BCUT2D eigenvalue weighted by atomic mass is 16.5. The number of carbonyl (C=O) groups is 1. The van der Waals surface area contributed by atoms with Gasteiger partial charge < -0.3 is 9.84 Å². The van der Waals surface area contributed by atoms with Gasteiger partial charge in [-0.1, -0.05) is 31.2 Å². The molecule has 2 aromatic carbocycles. The second-order valence-electron chi connectivity index (χ2n) is 5.04. The molecule has 0 aliphatic heterocycles. The van der Waals surface area contributed by atoms with Gasteiger partial charge >= 0.3 is 5.97 Å². The molecule has 0 unspecified atom stereocenters. The van der Waals surface area contributed by atoms with E-state index in [1.165, 1.54) is 11.6 Å². The van der Waals surface area contributed by atoms with E-state index in [0.717, 1.165) is 40.0 Å². The fraction of sp³-hybridized carbons (Fsp3) is 0.167. The highest BCUT2D eigenvalue weighted by Crippen LogP contribution is 2.45. The van der Waals surface area contributed by atoms with Crippen molar-refractivity contribution >= 4 is 11.5 Å². The number of methoxy groups -OCH3 is 1. The van der Waals surface area contributed by atoms with Crippen molar-refractivity contribution in [3.63, 3.8) is 0 Å². The predicted octanol–water partition coefficient (Wildman–Crippen LogP) is 3.75. The molecule has 3 heteroatoms. The largest absolute Gasteiger partial charge is 0.497 e. The van der Waals surface area contributed by atoms with Crippen LogP contribution in [0.15, 0.2) is 42.5 Å². The molecule has 0 aromatic heterocycles. The Bertz CT molecular complexity index is 702. The van der Waals surface area contributed by atoms with Crippen molar-refractivity contribution in [2.75, 3.05) is 7.11 Å². The second kappa shape index (κ2) is 5.09. The number of aryl methyl sites for hydroxylation is 1. The molecule has 1 aliphatic carbocycles. The van der Waals surface area contributed by atoms with Gasteiger partial charge in [0.1, 0.15) is 5.75 Å². The lowest BCUT2D eigenvalue weighted by molar-refractivity contribution is -0.131. The van der Waals surface area contributed by atoms with Gasteiger partial charge in [0.25, 0.3) is 0 Å². The van der Waals surface area contributed by atoms with Crippen molar-refractivity contribution in [2.24, 2.45) is 0 Å². The van der Waals surface area contributed by atoms with Gasteiger partial charge in [-0.05, 0) is 51.9 Å². The fourth-order valence-electron chi connectivity index (χ4n) is 2.80. The zero-order chi connectivity index (χ0) is 15.0. The molecule has 0 spiro atoms. The zero-order valence-corrected chi connectivity index (χ0v) is 12.0. The molecule has 0 radical (unpaired) electrons. The first-order valence-electron chi connectivity index (χ1n) is 6.90. The maximum atomic E-state index is 11.2. The van der Waals surface area contributed by atoms with Gasteiger partial charge in [-0.25, -0.2) is 4.79 Å². The van der Waals surface area contributed by atoms with Crippen molar-refractivity contribution in [2.45, 2.75) is 13.3 Å². The molecule has 3 rings (SSSR count). The highest BCUT2D eigenvalue weighted by molar-refractivity contribution is 6.06. The van der Waals surface area contributed by atoms with Gasteiger partial charge in [0.05, 0.1) is 7.11 Å². The Kier molecular flexibility index (Phi) is 3.26. The minimum atomic E-state index is -0.937. The van der Waals surface area contributed by atoms with Gasteiger partial charge in [-0.2, -0.15) is 0 Å². The van der Waals surface area contributed by atoms with Crippen molar-refractivity contribution in [1.82, 2.24) is 0 Å². The van der Waals surface area contributed by atoms with Crippen molar-refractivity contribution in [3.05, 3.63) is 59.2 Å². The molecule has 21 heavy (non-hydrogen) atoms. The summed E-state index contributed by atoms with van der Waals surface area (Å²) in [7, 11) is 1.61. The Morgan fingerprint density at radius 3 is 2.38 bits per heavy atom. The minimum absolute atomic E-state index is 0.730. The lowest BCUT2D eigenvalue weighted by Crippen LogP contribution is -1.93. The summed E-state index contributed by atoms with van der Waals surface area (Å²) in [6.45, 7) is 2.09. The van der Waals surface area contributed by atoms with Gasteiger partial charge in [-0.15, -0.1) is 0 Å². The molecular formula is C18H16O3. The maximum absolute atomic E-state index is 11.2. The van der Waals surface area contributed by atoms with E-state index in [0.29, 0.717) is 0 Å². The highest BCUT2D eigenvalue weighted by Gasteiger charge is 2.24. The smallest absolute Gasteiger partial charge is 0.328 e. The molecule has 0 atom stereocenters. The van der Waals surface area contributed by atoms with Crippen molar-refractivity contribution in [3.8, 4) is 16.9 Å². The molecule has 3 nitrogen and oxygen atoms in total. The molecule has 2 aromatic rings. The summed E-state index contributed by atoms with van der Waals surface area (Å²) in [5.41, 5.74) is 5.99. The Morgan fingerprint density at radius 1 is 1.10 bits per heavy atom. The van der Waals surface area contributed by atoms with Gasteiger partial charge in [0.15, 0.2) is 0 Å². The summed E-state index contributed by atoms with van der Waals surface area (Å²) in [5, 5.41) is 9.17. The van der Waals surface area contributed by atoms with E-state index in [1.807, 2.05) is 18.2 Å². The van der Waals surface area contributed by atoms with Crippen LogP contribution in [0.25, 0.3) is 16.7 Å². The summed E-state index contributed by atoms with van der Waals surface area (Å²) in [4.78, 5) is 11.2. The molecule has 106 valence electrons. The van der Waals surface area contributed by atoms with E-state index in [9.17, 15) is 9.90 Å². The molecule has 0 heterocycles. The third kappa shape index (κ3) is 2.21. The first-order valence-corrected chi connectivity index (χ1v) is 6.90. The first kappa shape index (κ1) is 13.4. The minimum Gasteiger partial charge on any atom is -0.497 e. The van der Waals surface area contributed by atoms with E-state index in [1.54, 1.807) is 7.11 Å². The van der Waals surface area contributed by atoms with Crippen LogP contribution >= 0.6 is 0 Å². The number of ether oxygens (including phenoxy) is 1. The monoisotopic (exact) mass is 280 g/mol. The quantitative estimate of drug-likeness (QED) is 0.743. The van der Waals surface area contributed by atoms with Crippen LogP contribution in [0.1, 0.15) is 23.6 Å². The van der Waals surface area contributed by atoms with Gasteiger partial charge in [-0.3, -0.25) is 0 Å². The van der Waals surface area contributed by atoms with Crippen LogP contribution in [0.4, 0.5) is 0 Å². The molecule has 0 bridgehead atoms. The SMILES string of the molecule is CCc1ccc2c(c1)/C(=C\C(=O)O)c1cc(OC)ccc1-2. The molecule has 0 amide bonds. The topological polar surface area (TPSA) is 46.5 Å². The molecular weight excluding hydrogens is 264 g/mol. The van der Waals surface area contributed by atoms with E-state index < -0.39 is 5.97 Å². The Labute approximate surface area is 123 Å². The fourth-order valence-corrected chi connectivity index (χ4v) is 2.80. The number of hydrogen-bond donors (Lipinski definition) is 1. The van der Waals surface area contributed by atoms with Crippen LogP contribution in [0.3, 0.4) is 0 Å².